The van der Waals surface area contributed by atoms with Gasteiger partial charge in [0.1, 0.15) is 18.1 Å². The van der Waals surface area contributed by atoms with Crippen molar-refractivity contribution in [2.45, 2.75) is 51.1 Å². The van der Waals surface area contributed by atoms with Crippen LogP contribution in [0.4, 0.5) is 13.2 Å². The summed E-state index contributed by atoms with van der Waals surface area (Å²) in [6.07, 6.45) is -3.37. The Labute approximate surface area is 147 Å². The Bertz CT molecular complexity index is 807. The maximum Gasteiger partial charge on any atom is 0.435 e. The lowest BCUT2D eigenvalue weighted by Crippen LogP contribution is -2.44. The minimum Gasteiger partial charge on any atom is -0.388 e. The molecule has 1 saturated carbocycles. The highest BCUT2D eigenvalue weighted by atomic mass is 19.4. The molecule has 26 heavy (non-hydrogen) atoms. The van der Waals surface area contributed by atoms with Crippen LogP contribution in [0.15, 0.2) is 6.07 Å². The quantitative estimate of drug-likeness (QED) is 0.822. The molecule has 1 fully saturated rings. The van der Waals surface area contributed by atoms with Crippen molar-refractivity contribution < 1.29 is 23.1 Å². The van der Waals surface area contributed by atoms with Crippen LogP contribution in [0.3, 0.4) is 0 Å². The third kappa shape index (κ3) is 3.30. The molecule has 0 saturated heterocycles. The van der Waals surface area contributed by atoms with E-state index in [4.69, 9.17) is 0 Å². The molecule has 2 N–H and O–H groups in total. The number of aromatic nitrogens is 5. The first-order chi connectivity index (χ1) is 12.2. The lowest BCUT2D eigenvalue weighted by atomic mass is 9.79. The van der Waals surface area contributed by atoms with Gasteiger partial charge < -0.3 is 15.0 Å². The predicted octanol–water partition coefficient (Wildman–Crippen LogP) is 1.22. The van der Waals surface area contributed by atoms with E-state index in [1.807, 2.05) is 11.5 Å². The van der Waals surface area contributed by atoms with Crippen LogP contribution in [0.1, 0.15) is 53.5 Å². The summed E-state index contributed by atoms with van der Waals surface area (Å²) >= 11 is 0. The Balaban J connectivity index is 1.62. The number of aliphatic hydroxyl groups is 1. The number of nitrogens with one attached hydrogen (secondary N) is 1. The second-order valence-electron chi connectivity index (χ2n) is 6.25. The van der Waals surface area contributed by atoms with Crippen LogP contribution in [0.25, 0.3) is 0 Å². The Morgan fingerprint density at radius 2 is 2.08 bits per heavy atom. The van der Waals surface area contributed by atoms with Crippen molar-refractivity contribution in [2.24, 2.45) is 7.05 Å². The summed E-state index contributed by atoms with van der Waals surface area (Å²) in [5, 5.41) is 23.3. The van der Waals surface area contributed by atoms with E-state index in [1.165, 1.54) is 7.05 Å². The van der Waals surface area contributed by atoms with Gasteiger partial charge >= 0.3 is 6.18 Å². The highest BCUT2D eigenvalue weighted by Gasteiger charge is 2.38. The molecule has 0 aliphatic heterocycles. The monoisotopic (exact) mass is 372 g/mol. The average Bonchev–Trinajstić information content (AvgIpc) is 3.12. The fourth-order valence-electron chi connectivity index (χ4n) is 3.14. The van der Waals surface area contributed by atoms with Gasteiger partial charge in [-0.2, -0.15) is 18.3 Å². The number of halogens is 3. The van der Waals surface area contributed by atoms with Gasteiger partial charge in [-0.25, -0.2) is 0 Å². The molecule has 0 aromatic carbocycles. The van der Waals surface area contributed by atoms with Gasteiger partial charge in [0.2, 0.25) is 0 Å². The van der Waals surface area contributed by atoms with Gasteiger partial charge in [-0.3, -0.25) is 9.48 Å². The number of rotatable bonds is 5. The minimum absolute atomic E-state index is 0.0883. The van der Waals surface area contributed by atoms with Crippen LogP contribution in [0, 0.1) is 0 Å². The summed E-state index contributed by atoms with van der Waals surface area (Å²) in [4.78, 5) is 12.2. The predicted molar refractivity (Wildman–Crippen MR) is 83.1 cm³/mol. The fraction of sp³-hybridized carbons (Fsp3) is 0.600. The molecule has 8 nitrogen and oxygen atoms in total. The Kier molecular flexibility index (Phi) is 4.74. The van der Waals surface area contributed by atoms with Crippen molar-refractivity contribution >= 4 is 5.91 Å². The lowest BCUT2D eigenvalue weighted by Gasteiger charge is -2.35. The van der Waals surface area contributed by atoms with E-state index in [1.54, 1.807) is 0 Å². The van der Waals surface area contributed by atoms with Crippen molar-refractivity contribution in [1.29, 1.82) is 0 Å². The van der Waals surface area contributed by atoms with E-state index < -0.39 is 17.8 Å². The summed E-state index contributed by atoms with van der Waals surface area (Å²) in [5.74, 6) is 0.740. The molecular weight excluding hydrogens is 353 g/mol. The number of nitrogens with zero attached hydrogens (tertiary/aromatic N) is 5. The molecule has 0 radical (unpaired) electrons. The molecule has 0 spiro atoms. The molecule has 1 aliphatic rings. The van der Waals surface area contributed by atoms with Gasteiger partial charge in [0.15, 0.2) is 11.5 Å². The number of hydrogen-bond donors (Lipinski definition) is 2. The summed E-state index contributed by atoms with van der Waals surface area (Å²) in [6, 6.07) is 0.587. The van der Waals surface area contributed by atoms with Crippen LogP contribution < -0.4 is 5.32 Å². The van der Waals surface area contributed by atoms with Crippen molar-refractivity contribution in [3.63, 3.8) is 0 Å². The number of alkyl halides is 3. The van der Waals surface area contributed by atoms with Gasteiger partial charge in [0, 0.05) is 31.6 Å². The maximum atomic E-state index is 12.7. The van der Waals surface area contributed by atoms with Crippen molar-refractivity contribution in [3.05, 3.63) is 29.1 Å². The first-order valence-electron chi connectivity index (χ1n) is 8.19. The zero-order valence-electron chi connectivity index (χ0n) is 14.3. The first kappa shape index (κ1) is 18.4. The topological polar surface area (TPSA) is 97.9 Å². The summed E-state index contributed by atoms with van der Waals surface area (Å²) in [6.45, 7) is 2.35. The SMILES string of the molecule is CCn1c(CO)nnc1C1CC(NC(=O)c2cc(C(F)(F)F)nn2C)C1. The average molecular weight is 372 g/mol. The number of carbonyl (C=O) groups excluding carboxylic acids is 1. The second kappa shape index (κ2) is 6.71. The Morgan fingerprint density at radius 1 is 1.38 bits per heavy atom. The summed E-state index contributed by atoms with van der Waals surface area (Å²) in [5.41, 5.74) is -1.23. The van der Waals surface area contributed by atoms with E-state index in [2.05, 4.69) is 20.6 Å². The Hall–Kier alpha value is -2.43. The number of aliphatic hydroxyl groups excluding tert-OH is 1. The zero-order chi connectivity index (χ0) is 19.1. The standard InChI is InChI=1S/C15H19F3N6O2/c1-3-24-12(7-25)20-21-13(24)8-4-9(5-8)19-14(26)10-6-11(15(16,17)18)22-23(10)2/h6,8-9,25H,3-5,7H2,1-2H3,(H,19,26). The highest BCUT2D eigenvalue weighted by molar-refractivity contribution is 5.93. The van der Waals surface area contributed by atoms with Crippen molar-refractivity contribution in [3.8, 4) is 0 Å². The van der Waals surface area contributed by atoms with E-state index in [0.29, 0.717) is 25.2 Å². The molecule has 3 rings (SSSR count). The highest BCUT2D eigenvalue weighted by Crippen LogP contribution is 2.36. The van der Waals surface area contributed by atoms with Crippen LogP contribution in [-0.4, -0.2) is 41.6 Å². The smallest absolute Gasteiger partial charge is 0.388 e. The van der Waals surface area contributed by atoms with Gasteiger partial charge in [-0.1, -0.05) is 0 Å². The van der Waals surface area contributed by atoms with Gasteiger partial charge in [0.05, 0.1) is 0 Å². The molecule has 2 aromatic rings. The molecule has 2 aromatic heterocycles. The van der Waals surface area contributed by atoms with Crippen molar-refractivity contribution in [2.75, 3.05) is 0 Å². The maximum absolute atomic E-state index is 12.7. The van der Waals surface area contributed by atoms with Crippen molar-refractivity contribution in [1.82, 2.24) is 29.9 Å². The summed E-state index contributed by atoms with van der Waals surface area (Å²) in [7, 11) is 1.30. The Morgan fingerprint density at radius 3 is 2.62 bits per heavy atom. The third-order valence-corrected chi connectivity index (χ3v) is 4.55. The zero-order valence-corrected chi connectivity index (χ0v) is 14.3. The van der Waals surface area contributed by atoms with Gasteiger partial charge in [-0.15, -0.1) is 10.2 Å². The lowest BCUT2D eigenvalue weighted by molar-refractivity contribution is -0.141. The third-order valence-electron chi connectivity index (χ3n) is 4.55. The molecule has 1 aliphatic carbocycles. The molecule has 11 heteroatoms. The van der Waals surface area contributed by atoms with Crippen LogP contribution in [0.5, 0.6) is 0 Å². The fourth-order valence-corrected chi connectivity index (χ4v) is 3.14. The van der Waals surface area contributed by atoms with Crippen LogP contribution in [0.2, 0.25) is 0 Å². The van der Waals surface area contributed by atoms with Crippen LogP contribution in [-0.2, 0) is 26.4 Å². The van der Waals surface area contributed by atoms with E-state index in [9.17, 15) is 23.1 Å². The van der Waals surface area contributed by atoms with E-state index in [-0.39, 0.29) is 24.3 Å². The molecule has 0 bridgehead atoms. The minimum atomic E-state index is -4.59. The normalized spacial score (nSPS) is 20.1. The molecule has 142 valence electrons. The van der Waals surface area contributed by atoms with E-state index >= 15 is 0 Å². The number of aryl methyl sites for hydroxylation is 1. The molecule has 2 heterocycles. The second-order valence-corrected chi connectivity index (χ2v) is 6.25. The largest absolute Gasteiger partial charge is 0.435 e. The van der Waals surface area contributed by atoms with Gasteiger partial charge in [0.25, 0.3) is 5.91 Å². The first-order valence-corrected chi connectivity index (χ1v) is 8.19. The molecule has 1 amide bonds. The molecular formula is C15H19F3N6O2. The molecule has 0 atom stereocenters. The molecule has 0 unspecified atom stereocenters. The number of amides is 1. The van der Waals surface area contributed by atoms with Crippen LogP contribution >= 0.6 is 0 Å². The van der Waals surface area contributed by atoms with E-state index in [0.717, 1.165) is 16.6 Å². The number of hydrogen-bond acceptors (Lipinski definition) is 5. The number of carbonyl (C=O) groups is 1. The summed E-state index contributed by atoms with van der Waals surface area (Å²) < 4.78 is 40.8. The van der Waals surface area contributed by atoms with Gasteiger partial charge in [-0.05, 0) is 19.8 Å².